The maximum atomic E-state index is 12.8. The first kappa shape index (κ1) is 17.3. The summed E-state index contributed by atoms with van der Waals surface area (Å²) < 4.78 is 5.78. The van der Waals surface area contributed by atoms with Crippen LogP contribution in [-0.2, 0) is 6.42 Å². The summed E-state index contributed by atoms with van der Waals surface area (Å²) in [7, 11) is 0. The fourth-order valence-electron chi connectivity index (χ4n) is 2.85. The topological polar surface area (TPSA) is 42.2 Å². The highest BCUT2D eigenvalue weighted by Gasteiger charge is 2.17. The molecule has 128 valence electrons. The quantitative estimate of drug-likeness (QED) is 0.622. The number of hydrogen-bond acceptors (Lipinski definition) is 2. The van der Waals surface area contributed by atoms with Crippen LogP contribution in [-0.4, -0.2) is 5.91 Å². The van der Waals surface area contributed by atoms with E-state index in [1.54, 1.807) is 25.1 Å². The number of carbonyl (C=O) groups is 1. The molecule has 3 rings (SSSR count). The number of carbonyl (C=O) groups excluding carboxylic acids is 1. The van der Waals surface area contributed by atoms with Gasteiger partial charge in [-0.05, 0) is 61.7 Å². The third-order valence-corrected chi connectivity index (χ3v) is 4.52. The Balaban J connectivity index is 1.90. The molecule has 3 nitrogen and oxygen atoms in total. The van der Waals surface area contributed by atoms with Crippen molar-refractivity contribution in [1.82, 2.24) is 0 Å². The smallest absolute Gasteiger partial charge is 0.259 e. The minimum absolute atomic E-state index is 0.162. The summed E-state index contributed by atoms with van der Waals surface area (Å²) in [5.41, 5.74) is 4.47. The highest BCUT2D eigenvalue weighted by molar-refractivity contribution is 6.30. The third kappa shape index (κ3) is 3.62. The van der Waals surface area contributed by atoms with E-state index in [1.807, 2.05) is 37.3 Å². The lowest BCUT2D eigenvalue weighted by molar-refractivity contribution is 0.102. The first-order chi connectivity index (χ1) is 12.0. The van der Waals surface area contributed by atoms with Crippen LogP contribution in [0.4, 0.5) is 5.69 Å². The number of anilines is 1. The van der Waals surface area contributed by atoms with Gasteiger partial charge in [-0.3, -0.25) is 4.79 Å². The lowest BCUT2D eigenvalue weighted by Gasteiger charge is -2.12. The summed E-state index contributed by atoms with van der Waals surface area (Å²) in [5, 5.41) is 3.70. The first-order valence-corrected chi connectivity index (χ1v) is 8.63. The van der Waals surface area contributed by atoms with Crippen molar-refractivity contribution in [2.24, 2.45) is 0 Å². The summed E-state index contributed by atoms with van der Waals surface area (Å²) in [4.78, 5) is 12.8. The molecular weight excluding hydrogens is 334 g/mol. The zero-order valence-electron chi connectivity index (χ0n) is 14.5. The van der Waals surface area contributed by atoms with E-state index in [0.717, 1.165) is 28.8 Å². The Morgan fingerprint density at radius 3 is 2.52 bits per heavy atom. The highest BCUT2D eigenvalue weighted by Crippen LogP contribution is 2.28. The van der Waals surface area contributed by atoms with Crippen LogP contribution in [0.5, 0.6) is 0 Å². The van der Waals surface area contributed by atoms with Crippen molar-refractivity contribution >= 4 is 23.2 Å². The second-order valence-electron chi connectivity index (χ2n) is 6.00. The van der Waals surface area contributed by atoms with Gasteiger partial charge in [-0.25, -0.2) is 0 Å². The molecule has 0 saturated carbocycles. The molecule has 1 heterocycles. The van der Waals surface area contributed by atoms with E-state index in [9.17, 15) is 4.79 Å². The number of furan rings is 1. The summed E-state index contributed by atoms with van der Waals surface area (Å²) in [5.74, 6) is 1.08. The molecule has 1 amide bonds. The zero-order chi connectivity index (χ0) is 18.0. The molecule has 2 aromatic carbocycles. The molecule has 0 aliphatic rings. The second kappa shape index (κ2) is 7.16. The Morgan fingerprint density at radius 2 is 1.84 bits per heavy atom. The molecule has 0 bridgehead atoms. The summed E-state index contributed by atoms with van der Waals surface area (Å²) in [6.45, 7) is 5.87. The molecule has 0 fully saturated rings. The first-order valence-electron chi connectivity index (χ1n) is 8.25. The molecule has 1 N–H and O–H groups in total. The standard InChI is InChI=1S/C21H20ClNO2/c1-4-15-7-5-6-13(2)20(15)23-21(24)18-12-19(25-14(18)3)16-8-10-17(22)11-9-16/h5-12H,4H2,1-3H3,(H,23,24). The molecule has 25 heavy (non-hydrogen) atoms. The van der Waals surface area contributed by atoms with Crippen molar-refractivity contribution in [1.29, 1.82) is 0 Å². The molecule has 0 aliphatic heterocycles. The second-order valence-corrected chi connectivity index (χ2v) is 6.44. The number of hydrogen-bond donors (Lipinski definition) is 1. The molecule has 0 saturated heterocycles. The van der Waals surface area contributed by atoms with Crippen LogP contribution in [0.2, 0.25) is 5.02 Å². The van der Waals surface area contributed by atoms with Crippen molar-refractivity contribution in [3.05, 3.63) is 76.0 Å². The predicted molar refractivity (Wildman–Crippen MR) is 102 cm³/mol. The van der Waals surface area contributed by atoms with Gasteiger partial charge in [0.15, 0.2) is 0 Å². The molecule has 0 spiro atoms. The Hall–Kier alpha value is -2.52. The van der Waals surface area contributed by atoms with E-state index in [4.69, 9.17) is 16.0 Å². The zero-order valence-corrected chi connectivity index (χ0v) is 15.3. The van der Waals surface area contributed by atoms with Crippen molar-refractivity contribution < 1.29 is 9.21 Å². The minimum atomic E-state index is -0.162. The molecular formula is C21H20ClNO2. The van der Waals surface area contributed by atoms with Gasteiger partial charge in [0.1, 0.15) is 11.5 Å². The largest absolute Gasteiger partial charge is 0.461 e. The number of halogens is 1. The fraction of sp³-hybridized carbons (Fsp3) is 0.190. The Kier molecular flexibility index (Phi) is 4.95. The number of amides is 1. The van der Waals surface area contributed by atoms with Gasteiger partial charge in [0, 0.05) is 16.3 Å². The van der Waals surface area contributed by atoms with Crippen LogP contribution in [0.25, 0.3) is 11.3 Å². The molecule has 0 unspecified atom stereocenters. The van der Waals surface area contributed by atoms with E-state index < -0.39 is 0 Å². The molecule has 0 aliphatic carbocycles. The lowest BCUT2D eigenvalue weighted by atomic mass is 10.1. The minimum Gasteiger partial charge on any atom is -0.461 e. The van der Waals surface area contributed by atoms with Crippen LogP contribution in [0, 0.1) is 13.8 Å². The molecule has 0 atom stereocenters. The van der Waals surface area contributed by atoms with E-state index in [-0.39, 0.29) is 5.91 Å². The van der Waals surface area contributed by atoms with Crippen LogP contribution in [0.3, 0.4) is 0 Å². The van der Waals surface area contributed by atoms with Gasteiger partial charge in [-0.1, -0.05) is 36.7 Å². The molecule has 4 heteroatoms. The van der Waals surface area contributed by atoms with Crippen LogP contribution >= 0.6 is 11.6 Å². The Morgan fingerprint density at radius 1 is 1.12 bits per heavy atom. The number of rotatable bonds is 4. The monoisotopic (exact) mass is 353 g/mol. The Bertz CT molecular complexity index is 910. The fourth-order valence-corrected chi connectivity index (χ4v) is 2.97. The average Bonchev–Trinajstić information content (AvgIpc) is 2.99. The van der Waals surface area contributed by atoms with Crippen molar-refractivity contribution in [2.45, 2.75) is 27.2 Å². The maximum absolute atomic E-state index is 12.8. The number of aryl methyl sites for hydroxylation is 3. The number of benzene rings is 2. The highest BCUT2D eigenvalue weighted by atomic mass is 35.5. The normalized spacial score (nSPS) is 10.7. The lowest BCUT2D eigenvalue weighted by Crippen LogP contribution is -2.14. The summed E-state index contributed by atoms with van der Waals surface area (Å²) in [6.07, 6.45) is 0.859. The Labute approximate surface area is 152 Å². The van der Waals surface area contributed by atoms with E-state index in [1.165, 1.54) is 0 Å². The van der Waals surface area contributed by atoms with Crippen LogP contribution in [0.15, 0.2) is 52.9 Å². The SMILES string of the molecule is CCc1cccc(C)c1NC(=O)c1cc(-c2ccc(Cl)cc2)oc1C. The van der Waals surface area contributed by atoms with E-state index in [2.05, 4.69) is 12.2 Å². The van der Waals surface area contributed by atoms with Gasteiger partial charge in [-0.15, -0.1) is 0 Å². The van der Waals surface area contributed by atoms with Crippen molar-refractivity contribution in [3.63, 3.8) is 0 Å². The average molecular weight is 354 g/mol. The number of nitrogens with one attached hydrogen (secondary N) is 1. The molecule has 3 aromatic rings. The van der Waals surface area contributed by atoms with Gasteiger partial charge >= 0.3 is 0 Å². The number of para-hydroxylation sites is 1. The van der Waals surface area contributed by atoms with Gasteiger partial charge in [0.25, 0.3) is 5.91 Å². The summed E-state index contributed by atoms with van der Waals surface area (Å²) in [6, 6.07) is 15.2. The molecule has 1 aromatic heterocycles. The van der Waals surface area contributed by atoms with Gasteiger partial charge < -0.3 is 9.73 Å². The predicted octanol–water partition coefficient (Wildman–Crippen LogP) is 6.03. The van der Waals surface area contributed by atoms with Gasteiger partial charge in [0.2, 0.25) is 0 Å². The van der Waals surface area contributed by atoms with E-state index in [0.29, 0.717) is 22.1 Å². The summed E-state index contributed by atoms with van der Waals surface area (Å²) >= 11 is 5.92. The van der Waals surface area contributed by atoms with Crippen LogP contribution in [0.1, 0.15) is 34.2 Å². The maximum Gasteiger partial charge on any atom is 0.259 e. The molecule has 0 radical (unpaired) electrons. The van der Waals surface area contributed by atoms with Gasteiger partial charge in [-0.2, -0.15) is 0 Å². The van der Waals surface area contributed by atoms with Crippen LogP contribution < -0.4 is 5.32 Å². The van der Waals surface area contributed by atoms with Crippen molar-refractivity contribution in [2.75, 3.05) is 5.32 Å². The van der Waals surface area contributed by atoms with E-state index >= 15 is 0 Å². The van der Waals surface area contributed by atoms with Crippen molar-refractivity contribution in [3.8, 4) is 11.3 Å². The van der Waals surface area contributed by atoms with Gasteiger partial charge in [0.05, 0.1) is 5.56 Å². The third-order valence-electron chi connectivity index (χ3n) is 4.27.